The summed E-state index contributed by atoms with van der Waals surface area (Å²) < 4.78 is 6.97. The first-order valence-electron chi connectivity index (χ1n) is 5.37. The normalized spacial score (nSPS) is 15.2. The Morgan fingerprint density at radius 3 is 2.93 bits per heavy atom. The third-order valence-corrected chi connectivity index (χ3v) is 2.70. The molecule has 0 bridgehead atoms. The van der Waals surface area contributed by atoms with E-state index in [1.807, 2.05) is 18.4 Å². The summed E-state index contributed by atoms with van der Waals surface area (Å²) in [5.41, 5.74) is 0.890. The molecule has 1 aromatic rings. The van der Waals surface area contributed by atoms with Crippen LogP contribution < -0.4 is 0 Å². The predicted molar refractivity (Wildman–Crippen MR) is 58.5 cm³/mol. The Bertz CT molecular complexity index is 286. The molecule has 0 aliphatic rings. The number of ether oxygens (including phenoxy) is 1. The fourth-order valence-corrected chi connectivity index (χ4v) is 1.59. The maximum atomic E-state index is 10.1. The molecular weight excluding hydrogens is 192 g/mol. The van der Waals surface area contributed by atoms with Crippen LogP contribution in [0.5, 0.6) is 0 Å². The molecule has 1 rings (SSSR count). The first kappa shape index (κ1) is 12.2. The van der Waals surface area contributed by atoms with Gasteiger partial charge in [-0.3, -0.25) is 0 Å². The van der Waals surface area contributed by atoms with Crippen molar-refractivity contribution in [3.8, 4) is 0 Å². The minimum absolute atomic E-state index is 0.187. The van der Waals surface area contributed by atoms with Gasteiger partial charge < -0.3 is 14.4 Å². The highest BCUT2D eigenvalue weighted by molar-refractivity contribution is 5.03. The van der Waals surface area contributed by atoms with Crippen molar-refractivity contribution in [2.24, 2.45) is 5.92 Å². The summed E-state index contributed by atoms with van der Waals surface area (Å²) >= 11 is 0. The highest BCUT2D eigenvalue weighted by Crippen LogP contribution is 2.23. The average Bonchev–Trinajstić information content (AvgIpc) is 2.72. The van der Waals surface area contributed by atoms with E-state index in [0.717, 1.165) is 18.7 Å². The van der Waals surface area contributed by atoms with E-state index in [1.165, 1.54) is 0 Å². The Morgan fingerprint density at radius 1 is 1.60 bits per heavy atom. The molecule has 0 aliphatic heterocycles. The summed E-state index contributed by atoms with van der Waals surface area (Å²) in [7, 11) is 1.68. The second-order valence-corrected chi connectivity index (χ2v) is 3.81. The van der Waals surface area contributed by atoms with Crippen molar-refractivity contribution in [1.82, 2.24) is 9.55 Å². The van der Waals surface area contributed by atoms with Crippen molar-refractivity contribution in [1.29, 1.82) is 0 Å². The summed E-state index contributed by atoms with van der Waals surface area (Å²) in [5, 5.41) is 10.1. The van der Waals surface area contributed by atoms with E-state index < -0.39 is 6.10 Å². The van der Waals surface area contributed by atoms with E-state index in [2.05, 4.69) is 4.98 Å². The van der Waals surface area contributed by atoms with Crippen LogP contribution in [0.2, 0.25) is 0 Å². The fraction of sp³-hybridized carbons (Fsp3) is 0.727. The van der Waals surface area contributed by atoms with E-state index in [-0.39, 0.29) is 5.92 Å². The number of hydrogen-bond donors (Lipinski definition) is 1. The van der Waals surface area contributed by atoms with Crippen LogP contribution in [0.25, 0.3) is 0 Å². The van der Waals surface area contributed by atoms with Gasteiger partial charge in [0.15, 0.2) is 0 Å². The van der Waals surface area contributed by atoms with Crippen LogP contribution in [0.3, 0.4) is 0 Å². The van der Waals surface area contributed by atoms with E-state index in [1.54, 1.807) is 19.6 Å². The van der Waals surface area contributed by atoms with Gasteiger partial charge in [-0.05, 0) is 19.3 Å². The Hall–Kier alpha value is -0.870. The maximum Gasteiger partial charge on any atom is 0.0982 e. The quantitative estimate of drug-likeness (QED) is 0.779. The van der Waals surface area contributed by atoms with Gasteiger partial charge in [-0.1, -0.05) is 6.92 Å². The standard InChI is InChI=1S/C11H20N2O2/c1-4-13-8-12-7-10(13)11(14)9(2)5-6-15-3/h7-9,11,14H,4-6H2,1-3H3. The Morgan fingerprint density at radius 2 is 2.33 bits per heavy atom. The molecule has 4 heteroatoms. The zero-order chi connectivity index (χ0) is 11.3. The Balaban J connectivity index is 2.62. The molecule has 1 heterocycles. The van der Waals surface area contributed by atoms with E-state index in [4.69, 9.17) is 4.74 Å². The number of rotatable bonds is 6. The Kier molecular flexibility index (Phi) is 4.78. The lowest BCUT2D eigenvalue weighted by Gasteiger charge is -2.19. The molecule has 2 atom stereocenters. The van der Waals surface area contributed by atoms with E-state index in [0.29, 0.717) is 6.61 Å². The third kappa shape index (κ3) is 3.04. The lowest BCUT2D eigenvalue weighted by atomic mass is 9.99. The summed E-state index contributed by atoms with van der Waals surface area (Å²) in [6, 6.07) is 0. The number of hydrogen-bond acceptors (Lipinski definition) is 3. The van der Waals surface area contributed by atoms with Crippen LogP contribution >= 0.6 is 0 Å². The smallest absolute Gasteiger partial charge is 0.0982 e. The van der Waals surface area contributed by atoms with Crippen LogP contribution in [-0.2, 0) is 11.3 Å². The van der Waals surface area contributed by atoms with Crippen LogP contribution in [0.1, 0.15) is 32.1 Å². The van der Waals surface area contributed by atoms with Crippen LogP contribution in [0.4, 0.5) is 0 Å². The second-order valence-electron chi connectivity index (χ2n) is 3.81. The number of aliphatic hydroxyl groups excluding tert-OH is 1. The molecule has 1 N–H and O–H groups in total. The minimum Gasteiger partial charge on any atom is -0.387 e. The molecule has 15 heavy (non-hydrogen) atoms. The van der Waals surface area contributed by atoms with Gasteiger partial charge in [0.2, 0.25) is 0 Å². The van der Waals surface area contributed by atoms with Gasteiger partial charge in [0.1, 0.15) is 0 Å². The Labute approximate surface area is 90.9 Å². The monoisotopic (exact) mass is 212 g/mol. The van der Waals surface area contributed by atoms with Crippen molar-refractivity contribution >= 4 is 0 Å². The van der Waals surface area contributed by atoms with Crippen LogP contribution in [0, 0.1) is 5.92 Å². The molecule has 0 saturated heterocycles. The van der Waals surface area contributed by atoms with Gasteiger partial charge >= 0.3 is 0 Å². The molecular formula is C11H20N2O2. The summed E-state index contributed by atoms with van der Waals surface area (Å²) in [5.74, 6) is 0.187. The van der Waals surface area contributed by atoms with Crippen LogP contribution in [0.15, 0.2) is 12.5 Å². The SMILES string of the molecule is CCn1cncc1C(O)C(C)CCOC. The number of aliphatic hydroxyl groups is 1. The summed E-state index contributed by atoms with van der Waals surface area (Å²) in [6.45, 7) is 5.58. The molecule has 0 saturated carbocycles. The van der Waals surface area contributed by atoms with E-state index in [9.17, 15) is 5.11 Å². The first-order chi connectivity index (χ1) is 7.20. The molecule has 86 valence electrons. The first-order valence-corrected chi connectivity index (χ1v) is 5.37. The number of imidazole rings is 1. The topological polar surface area (TPSA) is 47.3 Å². The zero-order valence-electron chi connectivity index (χ0n) is 9.68. The van der Waals surface area contributed by atoms with Gasteiger partial charge in [0.05, 0.1) is 24.3 Å². The van der Waals surface area contributed by atoms with Crippen molar-refractivity contribution in [3.05, 3.63) is 18.2 Å². The van der Waals surface area contributed by atoms with Gasteiger partial charge in [-0.15, -0.1) is 0 Å². The maximum absolute atomic E-state index is 10.1. The van der Waals surface area contributed by atoms with Gasteiger partial charge in [-0.25, -0.2) is 4.98 Å². The molecule has 1 aromatic heterocycles. The van der Waals surface area contributed by atoms with Gasteiger partial charge in [-0.2, -0.15) is 0 Å². The average molecular weight is 212 g/mol. The molecule has 2 unspecified atom stereocenters. The van der Waals surface area contributed by atoms with Crippen molar-refractivity contribution in [3.63, 3.8) is 0 Å². The molecule has 0 aliphatic carbocycles. The lowest BCUT2D eigenvalue weighted by molar-refractivity contribution is 0.0827. The zero-order valence-corrected chi connectivity index (χ0v) is 9.68. The molecule has 0 fully saturated rings. The molecule has 4 nitrogen and oxygen atoms in total. The number of nitrogens with zero attached hydrogens (tertiary/aromatic N) is 2. The highest BCUT2D eigenvalue weighted by Gasteiger charge is 2.19. The van der Waals surface area contributed by atoms with Crippen LogP contribution in [-0.4, -0.2) is 28.4 Å². The number of aromatic nitrogens is 2. The predicted octanol–water partition coefficient (Wildman–Crippen LogP) is 1.61. The van der Waals surface area contributed by atoms with Crippen molar-refractivity contribution < 1.29 is 9.84 Å². The molecule has 0 aromatic carbocycles. The molecule has 0 spiro atoms. The van der Waals surface area contributed by atoms with Crippen molar-refractivity contribution in [2.45, 2.75) is 32.9 Å². The van der Waals surface area contributed by atoms with Gasteiger partial charge in [0.25, 0.3) is 0 Å². The summed E-state index contributed by atoms with van der Waals surface area (Å²) in [4.78, 5) is 4.05. The van der Waals surface area contributed by atoms with Crippen molar-refractivity contribution in [2.75, 3.05) is 13.7 Å². The fourth-order valence-electron chi connectivity index (χ4n) is 1.59. The molecule has 0 amide bonds. The lowest BCUT2D eigenvalue weighted by Crippen LogP contribution is -2.15. The van der Waals surface area contributed by atoms with E-state index >= 15 is 0 Å². The number of aryl methyl sites for hydroxylation is 1. The second kappa shape index (κ2) is 5.88. The van der Waals surface area contributed by atoms with Gasteiger partial charge in [0, 0.05) is 20.3 Å². The largest absolute Gasteiger partial charge is 0.387 e. The minimum atomic E-state index is -0.456. The third-order valence-electron chi connectivity index (χ3n) is 2.70. The summed E-state index contributed by atoms with van der Waals surface area (Å²) in [6.07, 6.45) is 3.88. The molecule has 0 radical (unpaired) electrons. The number of methoxy groups -OCH3 is 1. The highest BCUT2D eigenvalue weighted by atomic mass is 16.5.